The fourth-order valence-electron chi connectivity index (χ4n) is 2.81. The summed E-state index contributed by atoms with van der Waals surface area (Å²) >= 11 is 0. The van der Waals surface area contributed by atoms with Gasteiger partial charge in [-0.25, -0.2) is 0 Å². The van der Waals surface area contributed by atoms with Crippen LogP contribution in [0.5, 0.6) is 0 Å². The lowest BCUT2D eigenvalue weighted by molar-refractivity contribution is 0.328. The van der Waals surface area contributed by atoms with Gasteiger partial charge < -0.3 is 5.32 Å². The molecule has 21 heavy (non-hydrogen) atoms. The Balaban J connectivity index is 1.53. The van der Waals surface area contributed by atoms with Crippen LogP contribution in [-0.2, 0) is 6.54 Å². The number of benzene rings is 2. The summed E-state index contributed by atoms with van der Waals surface area (Å²) in [6.07, 6.45) is 1.16. The van der Waals surface area contributed by atoms with Crippen LogP contribution in [0.15, 0.2) is 54.6 Å². The zero-order valence-corrected chi connectivity index (χ0v) is 12.0. The molecule has 2 aromatic rings. The lowest BCUT2D eigenvalue weighted by Crippen LogP contribution is -2.25. The Kier molecular flexibility index (Phi) is 4.18. The molecule has 3 rings (SSSR count). The number of nitrogens with one attached hydrogen (secondary N) is 1. The van der Waals surface area contributed by atoms with Crippen LogP contribution in [0.3, 0.4) is 0 Å². The molecule has 0 aromatic heterocycles. The Morgan fingerprint density at radius 2 is 1.86 bits per heavy atom. The van der Waals surface area contributed by atoms with E-state index in [1.54, 1.807) is 0 Å². The predicted octanol–water partition coefficient (Wildman–Crippen LogP) is 3.24. The highest BCUT2D eigenvalue weighted by molar-refractivity contribution is 5.48. The van der Waals surface area contributed by atoms with Crippen molar-refractivity contribution in [3.63, 3.8) is 0 Å². The highest BCUT2D eigenvalue weighted by atomic mass is 15.2. The first-order valence-electron chi connectivity index (χ1n) is 7.36. The molecule has 1 heterocycles. The van der Waals surface area contributed by atoms with Gasteiger partial charge in [0.2, 0.25) is 0 Å². The van der Waals surface area contributed by atoms with Crippen molar-refractivity contribution in [1.82, 2.24) is 4.90 Å². The van der Waals surface area contributed by atoms with E-state index in [1.807, 2.05) is 24.3 Å². The maximum absolute atomic E-state index is 8.81. The van der Waals surface area contributed by atoms with Crippen LogP contribution in [0.4, 0.5) is 5.69 Å². The number of anilines is 1. The molecule has 0 saturated carbocycles. The second kappa shape index (κ2) is 6.43. The summed E-state index contributed by atoms with van der Waals surface area (Å²) in [6, 6.07) is 20.9. The maximum Gasteiger partial charge on any atom is 0.0991 e. The van der Waals surface area contributed by atoms with Gasteiger partial charge in [0.15, 0.2) is 0 Å². The van der Waals surface area contributed by atoms with Crippen molar-refractivity contribution >= 4 is 5.69 Å². The molecule has 0 radical (unpaired) electrons. The minimum Gasteiger partial charge on any atom is -0.381 e. The molecule has 1 aliphatic heterocycles. The number of rotatable bonds is 4. The van der Waals surface area contributed by atoms with E-state index in [1.165, 1.54) is 5.56 Å². The molecular weight excluding hydrogens is 258 g/mol. The molecule has 1 N–H and O–H groups in total. The molecule has 0 bridgehead atoms. The van der Waals surface area contributed by atoms with Crippen molar-refractivity contribution < 1.29 is 0 Å². The molecular formula is C18H19N3. The van der Waals surface area contributed by atoms with Crippen LogP contribution in [0, 0.1) is 11.3 Å². The summed E-state index contributed by atoms with van der Waals surface area (Å²) in [5, 5.41) is 12.4. The number of nitrogens with zero attached hydrogens (tertiary/aromatic N) is 2. The summed E-state index contributed by atoms with van der Waals surface area (Å²) in [7, 11) is 0. The third-order valence-electron chi connectivity index (χ3n) is 3.91. The zero-order chi connectivity index (χ0) is 14.5. The quantitative estimate of drug-likeness (QED) is 0.932. The minimum atomic E-state index is 0.488. The Morgan fingerprint density at radius 1 is 1.10 bits per heavy atom. The molecule has 0 amide bonds. The van der Waals surface area contributed by atoms with Crippen molar-refractivity contribution in [3.8, 4) is 6.07 Å². The molecule has 0 spiro atoms. The Labute approximate surface area is 125 Å². The Hall–Kier alpha value is -2.31. The monoisotopic (exact) mass is 277 g/mol. The first-order valence-corrected chi connectivity index (χ1v) is 7.36. The molecule has 1 unspecified atom stereocenters. The second-order valence-corrected chi connectivity index (χ2v) is 5.54. The van der Waals surface area contributed by atoms with Crippen LogP contribution in [0.25, 0.3) is 0 Å². The third kappa shape index (κ3) is 3.62. The lowest BCUT2D eigenvalue weighted by Gasteiger charge is -2.17. The number of hydrogen-bond donors (Lipinski definition) is 1. The fourth-order valence-corrected chi connectivity index (χ4v) is 2.81. The Bertz CT molecular complexity index is 613. The van der Waals surface area contributed by atoms with E-state index in [0.29, 0.717) is 11.6 Å². The van der Waals surface area contributed by atoms with E-state index in [4.69, 9.17) is 5.26 Å². The van der Waals surface area contributed by atoms with Gasteiger partial charge in [0.25, 0.3) is 0 Å². The highest BCUT2D eigenvalue weighted by Crippen LogP contribution is 2.18. The maximum atomic E-state index is 8.81. The second-order valence-electron chi connectivity index (χ2n) is 5.54. The van der Waals surface area contributed by atoms with Gasteiger partial charge in [-0.2, -0.15) is 5.26 Å². The van der Waals surface area contributed by atoms with Crippen molar-refractivity contribution in [2.45, 2.75) is 19.0 Å². The largest absolute Gasteiger partial charge is 0.381 e. The van der Waals surface area contributed by atoms with E-state index in [2.05, 4.69) is 46.6 Å². The molecule has 1 atom stereocenters. The van der Waals surface area contributed by atoms with Crippen LogP contribution < -0.4 is 5.32 Å². The van der Waals surface area contributed by atoms with E-state index in [0.717, 1.165) is 31.7 Å². The molecule has 106 valence electrons. The molecule has 2 aromatic carbocycles. The van der Waals surface area contributed by atoms with Gasteiger partial charge >= 0.3 is 0 Å². The van der Waals surface area contributed by atoms with Gasteiger partial charge in [-0.3, -0.25) is 4.90 Å². The van der Waals surface area contributed by atoms with E-state index in [-0.39, 0.29) is 0 Å². The van der Waals surface area contributed by atoms with Crippen LogP contribution in [-0.4, -0.2) is 24.0 Å². The van der Waals surface area contributed by atoms with Crippen molar-refractivity contribution in [3.05, 3.63) is 65.7 Å². The standard InChI is InChI=1S/C18H19N3/c19-12-15-6-8-17(9-7-15)20-18-10-11-21(14-18)13-16-4-2-1-3-5-16/h1-9,18,20H,10-11,13-14H2. The summed E-state index contributed by atoms with van der Waals surface area (Å²) in [6.45, 7) is 3.21. The van der Waals surface area contributed by atoms with E-state index in [9.17, 15) is 0 Å². The average molecular weight is 277 g/mol. The summed E-state index contributed by atoms with van der Waals surface area (Å²) < 4.78 is 0. The van der Waals surface area contributed by atoms with E-state index >= 15 is 0 Å². The number of hydrogen-bond acceptors (Lipinski definition) is 3. The summed E-state index contributed by atoms with van der Waals surface area (Å²) in [4.78, 5) is 2.48. The normalized spacial score (nSPS) is 18.3. The van der Waals surface area contributed by atoms with Gasteiger partial charge in [0.1, 0.15) is 0 Å². The van der Waals surface area contributed by atoms with Gasteiger partial charge in [0, 0.05) is 31.4 Å². The average Bonchev–Trinajstić information content (AvgIpc) is 2.96. The van der Waals surface area contributed by atoms with Gasteiger partial charge in [0.05, 0.1) is 11.6 Å². The van der Waals surface area contributed by atoms with Crippen LogP contribution in [0.2, 0.25) is 0 Å². The smallest absolute Gasteiger partial charge is 0.0991 e. The summed E-state index contributed by atoms with van der Waals surface area (Å²) in [5.41, 5.74) is 3.18. The van der Waals surface area contributed by atoms with Crippen LogP contribution >= 0.6 is 0 Å². The first-order chi connectivity index (χ1) is 10.3. The van der Waals surface area contributed by atoms with Crippen LogP contribution in [0.1, 0.15) is 17.5 Å². The molecule has 0 aliphatic carbocycles. The highest BCUT2D eigenvalue weighted by Gasteiger charge is 2.22. The molecule has 1 saturated heterocycles. The van der Waals surface area contributed by atoms with Crippen molar-refractivity contribution in [1.29, 1.82) is 5.26 Å². The van der Waals surface area contributed by atoms with Gasteiger partial charge in [-0.1, -0.05) is 30.3 Å². The SMILES string of the molecule is N#Cc1ccc(NC2CCN(Cc3ccccc3)C2)cc1. The first kappa shape index (κ1) is 13.7. The number of likely N-dealkylation sites (tertiary alicyclic amines) is 1. The van der Waals surface area contributed by atoms with Gasteiger partial charge in [-0.15, -0.1) is 0 Å². The fraction of sp³-hybridized carbons (Fsp3) is 0.278. The van der Waals surface area contributed by atoms with E-state index < -0.39 is 0 Å². The summed E-state index contributed by atoms with van der Waals surface area (Å²) in [5.74, 6) is 0. The van der Waals surface area contributed by atoms with Gasteiger partial charge in [-0.05, 0) is 36.2 Å². The minimum absolute atomic E-state index is 0.488. The molecule has 3 heteroatoms. The molecule has 1 aliphatic rings. The molecule has 3 nitrogen and oxygen atoms in total. The predicted molar refractivity (Wildman–Crippen MR) is 84.9 cm³/mol. The van der Waals surface area contributed by atoms with Crippen molar-refractivity contribution in [2.24, 2.45) is 0 Å². The lowest BCUT2D eigenvalue weighted by atomic mass is 10.2. The molecule has 1 fully saturated rings. The number of nitriles is 1. The Morgan fingerprint density at radius 3 is 2.57 bits per heavy atom. The third-order valence-corrected chi connectivity index (χ3v) is 3.91. The van der Waals surface area contributed by atoms with Crippen molar-refractivity contribution in [2.75, 3.05) is 18.4 Å². The topological polar surface area (TPSA) is 39.1 Å². The zero-order valence-electron chi connectivity index (χ0n) is 12.0.